The van der Waals surface area contributed by atoms with Crippen molar-refractivity contribution in [2.24, 2.45) is 0 Å². The second-order valence-corrected chi connectivity index (χ2v) is 11.7. The van der Waals surface area contributed by atoms with Gasteiger partial charge in [0, 0.05) is 10.9 Å². The predicted molar refractivity (Wildman–Crippen MR) is 202 cm³/mol. The summed E-state index contributed by atoms with van der Waals surface area (Å²) >= 11 is 0. The Kier molecular flexibility index (Phi) is 8.06. The van der Waals surface area contributed by atoms with Gasteiger partial charge < -0.3 is 5.32 Å². The first kappa shape index (κ1) is 29.1. The maximum Gasteiger partial charge on any atom is 0.0719 e. The fourth-order valence-corrected chi connectivity index (χ4v) is 6.88. The number of allylic oxidation sites excluding steroid dienone is 3. The van der Waals surface area contributed by atoms with Crippen molar-refractivity contribution in [3.8, 4) is 0 Å². The van der Waals surface area contributed by atoms with Crippen molar-refractivity contribution in [1.82, 2.24) is 0 Å². The van der Waals surface area contributed by atoms with E-state index in [4.69, 9.17) is 0 Å². The Morgan fingerprint density at radius 2 is 1.33 bits per heavy atom. The maximum atomic E-state index is 4.15. The van der Waals surface area contributed by atoms with Crippen molar-refractivity contribution < 1.29 is 0 Å². The van der Waals surface area contributed by atoms with E-state index in [0.717, 1.165) is 5.56 Å². The molecule has 7 rings (SSSR count). The van der Waals surface area contributed by atoms with Crippen molar-refractivity contribution in [3.05, 3.63) is 191 Å². The Bertz CT molecular complexity index is 2210. The second-order valence-electron chi connectivity index (χ2n) is 11.7. The lowest BCUT2D eigenvalue weighted by atomic mass is 9.81. The molecule has 0 spiro atoms. The Hall–Kier alpha value is -5.66. The van der Waals surface area contributed by atoms with Gasteiger partial charge >= 0.3 is 0 Å². The zero-order chi connectivity index (χ0) is 31.5. The molecule has 1 atom stereocenters. The van der Waals surface area contributed by atoms with Crippen LogP contribution in [0, 0.1) is 6.92 Å². The lowest BCUT2D eigenvalue weighted by molar-refractivity contribution is 0.981. The van der Waals surface area contributed by atoms with Crippen molar-refractivity contribution in [3.63, 3.8) is 0 Å². The highest BCUT2D eigenvalue weighted by molar-refractivity contribution is 6.05. The molecule has 0 aliphatic carbocycles. The molecule has 0 amide bonds. The van der Waals surface area contributed by atoms with Crippen LogP contribution in [0.3, 0.4) is 0 Å². The predicted octanol–water partition coefficient (Wildman–Crippen LogP) is 12.3. The van der Waals surface area contributed by atoms with Crippen LogP contribution in [-0.2, 0) is 0 Å². The van der Waals surface area contributed by atoms with E-state index >= 15 is 0 Å². The maximum absolute atomic E-state index is 4.15. The number of anilines is 1. The standard InChI is InChI=1S/C45H37N/c1-4-17-36-31(3)35(23-12-9-20-32-18-7-6-8-19-32)39-26-15-16-27-40(39)44(36)43-30-42(37-24-13-10-21-33(37)5-2)41-29-28-34-22-11-14-25-38(34)45(41)46-43/h4-30,43,46H,2H2,1,3H3/b17-4-,20-9-,23-12+. The van der Waals surface area contributed by atoms with E-state index in [0.29, 0.717) is 0 Å². The third-order valence-corrected chi connectivity index (χ3v) is 9.04. The summed E-state index contributed by atoms with van der Waals surface area (Å²) in [5, 5.41) is 8.99. The summed E-state index contributed by atoms with van der Waals surface area (Å²) in [6.07, 6.45) is 17.5. The van der Waals surface area contributed by atoms with Gasteiger partial charge in [-0.3, -0.25) is 0 Å². The summed E-state index contributed by atoms with van der Waals surface area (Å²) in [6, 6.07) is 41.0. The van der Waals surface area contributed by atoms with Gasteiger partial charge in [-0.2, -0.15) is 0 Å². The number of fused-ring (bicyclic) bond motifs is 4. The van der Waals surface area contributed by atoms with Crippen molar-refractivity contribution >= 4 is 57.1 Å². The summed E-state index contributed by atoms with van der Waals surface area (Å²) < 4.78 is 0. The molecule has 46 heavy (non-hydrogen) atoms. The normalized spacial score (nSPS) is 14.7. The van der Waals surface area contributed by atoms with E-state index < -0.39 is 0 Å². The van der Waals surface area contributed by atoms with Crippen LogP contribution in [-0.4, -0.2) is 0 Å². The van der Waals surface area contributed by atoms with Gasteiger partial charge in [0.15, 0.2) is 0 Å². The molecule has 0 aromatic heterocycles. The van der Waals surface area contributed by atoms with E-state index in [1.54, 1.807) is 0 Å². The van der Waals surface area contributed by atoms with Crippen LogP contribution >= 0.6 is 0 Å². The Morgan fingerprint density at radius 3 is 2.13 bits per heavy atom. The van der Waals surface area contributed by atoms with Gasteiger partial charge in [0.05, 0.1) is 11.7 Å². The molecule has 0 radical (unpaired) electrons. The van der Waals surface area contributed by atoms with Gasteiger partial charge in [0.2, 0.25) is 0 Å². The Labute approximate surface area is 272 Å². The number of hydrogen-bond acceptors (Lipinski definition) is 1. The van der Waals surface area contributed by atoms with Crippen LogP contribution in [0.2, 0.25) is 0 Å². The minimum Gasteiger partial charge on any atom is -0.374 e. The van der Waals surface area contributed by atoms with Gasteiger partial charge in [-0.1, -0.05) is 164 Å². The highest BCUT2D eigenvalue weighted by atomic mass is 14.9. The first-order chi connectivity index (χ1) is 22.7. The molecule has 222 valence electrons. The van der Waals surface area contributed by atoms with Gasteiger partial charge in [-0.15, -0.1) is 0 Å². The summed E-state index contributed by atoms with van der Waals surface area (Å²) in [4.78, 5) is 0. The molecular formula is C45H37N. The lowest BCUT2D eigenvalue weighted by Crippen LogP contribution is -2.18. The molecule has 1 N–H and O–H groups in total. The van der Waals surface area contributed by atoms with Crippen LogP contribution in [0.1, 0.15) is 57.5 Å². The first-order valence-electron chi connectivity index (χ1n) is 16.0. The zero-order valence-electron chi connectivity index (χ0n) is 26.4. The molecule has 1 aliphatic heterocycles. The van der Waals surface area contributed by atoms with Crippen LogP contribution in [0.4, 0.5) is 5.69 Å². The van der Waals surface area contributed by atoms with Gasteiger partial charge in [0.25, 0.3) is 0 Å². The van der Waals surface area contributed by atoms with Crippen molar-refractivity contribution in [2.75, 3.05) is 5.32 Å². The molecular weight excluding hydrogens is 555 g/mol. The number of hydrogen-bond donors (Lipinski definition) is 1. The topological polar surface area (TPSA) is 12.0 Å². The Balaban J connectivity index is 1.45. The third kappa shape index (κ3) is 5.31. The van der Waals surface area contributed by atoms with E-state index in [1.807, 2.05) is 12.1 Å². The van der Waals surface area contributed by atoms with E-state index in [-0.39, 0.29) is 6.04 Å². The quantitative estimate of drug-likeness (QED) is 0.182. The largest absolute Gasteiger partial charge is 0.374 e. The minimum atomic E-state index is -0.0583. The SMILES string of the molecule is C=Cc1ccccc1C1=CC(c2c(/C=C\C)c(C)c(/C=C/C=C\c3ccccc3)c3ccccc23)Nc2c1ccc1ccccc21. The van der Waals surface area contributed by atoms with Crippen LogP contribution < -0.4 is 5.32 Å². The molecule has 6 aromatic carbocycles. The smallest absolute Gasteiger partial charge is 0.0719 e. The number of rotatable bonds is 7. The molecule has 6 aromatic rings. The molecule has 0 fully saturated rings. The monoisotopic (exact) mass is 591 g/mol. The molecule has 1 unspecified atom stereocenters. The second kappa shape index (κ2) is 12.8. The fraction of sp³-hybridized carbons (Fsp3) is 0.0667. The molecule has 1 aliphatic rings. The fourth-order valence-electron chi connectivity index (χ4n) is 6.88. The van der Waals surface area contributed by atoms with Crippen molar-refractivity contribution in [1.29, 1.82) is 0 Å². The highest BCUT2D eigenvalue weighted by Crippen LogP contribution is 2.46. The van der Waals surface area contributed by atoms with Gasteiger partial charge in [-0.05, 0) is 80.6 Å². The molecule has 0 saturated carbocycles. The van der Waals surface area contributed by atoms with Crippen LogP contribution in [0.15, 0.2) is 146 Å². The number of nitrogens with one attached hydrogen (secondary N) is 1. The zero-order valence-corrected chi connectivity index (χ0v) is 26.4. The molecule has 1 heteroatoms. The summed E-state index contributed by atoms with van der Waals surface area (Å²) in [6.45, 7) is 8.52. The van der Waals surface area contributed by atoms with Gasteiger partial charge in [0.1, 0.15) is 0 Å². The minimum absolute atomic E-state index is 0.0583. The summed E-state index contributed by atoms with van der Waals surface area (Å²) in [7, 11) is 0. The summed E-state index contributed by atoms with van der Waals surface area (Å²) in [5.74, 6) is 0. The lowest BCUT2D eigenvalue weighted by Gasteiger charge is -2.31. The van der Waals surface area contributed by atoms with Crippen LogP contribution in [0.25, 0.3) is 51.4 Å². The highest BCUT2D eigenvalue weighted by Gasteiger charge is 2.27. The molecule has 0 bridgehead atoms. The molecule has 0 saturated heterocycles. The Morgan fingerprint density at radius 1 is 0.630 bits per heavy atom. The van der Waals surface area contributed by atoms with E-state index in [1.165, 1.54) is 71.7 Å². The van der Waals surface area contributed by atoms with Gasteiger partial charge in [-0.25, -0.2) is 0 Å². The average molecular weight is 592 g/mol. The average Bonchev–Trinajstić information content (AvgIpc) is 3.11. The summed E-state index contributed by atoms with van der Waals surface area (Å²) in [5.41, 5.74) is 12.2. The molecule has 1 heterocycles. The van der Waals surface area contributed by atoms with E-state index in [2.05, 4.69) is 177 Å². The van der Waals surface area contributed by atoms with Crippen molar-refractivity contribution in [2.45, 2.75) is 19.9 Å². The first-order valence-corrected chi connectivity index (χ1v) is 16.0. The van der Waals surface area contributed by atoms with Crippen LogP contribution in [0.5, 0.6) is 0 Å². The third-order valence-electron chi connectivity index (χ3n) is 9.04. The van der Waals surface area contributed by atoms with E-state index in [9.17, 15) is 0 Å². The molecule has 1 nitrogen and oxygen atoms in total. The number of benzene rings is 6.